The largest absolute Gasteiger partial charge is 0.496 e. The van der Waals surface area contributed by atoms with Crippen LogP contribution in [0.25, 0.3) is 0 Å². The minimum atomic E-state index is 0.0727. The van der Waals surface area contributed by atoms with E-state index in [4.69, 9.17) is 16.3 Å². The molecule has 21 heavy (non-hydrogen) atoms. The van der Waals surface area contributed by atoms with Crippen molar-refractivity contribution in [1.29, 1.82) is 0 Å². The van der Waals surface area contributed by atoms with E-state index in [1.54, 1.807) is 7.11 Å². The lowest BCUT2D eigenvalue weighted by molar-refractivity contribution is 0.404. The molecule has 1 atom stereocenters. The van der Waals surface area contributed by atoms with E-state index in [0.29, 0.717) is 0 Å². The summed E-state index contributed by atoms with van der Waals surface area (Å²) >= 11 is 6.19. The highest BCUT2D eigenvalue weighted by Gasteiger charge is 2.19. The number of aryl methyl sites for hydroxylation is 2. The smallest absolute Gasteiger partial charge is 0.124 e. The molecule has 0 fully saturated rings. The first-order chi connectivity index (χ1) is 10.1. The van der Waals surface area contributed by atoms with Crippen LogP contribution in [-0.4, -0.2) is 13.7 Å². The molecule has 0 spiro atoms. The number of ether oxygens (including phenoxy) is 1. The summed E-state index contributed by atoms with van der Waals surface area (Å²) in [5.41, 5.74) is 4.84. The van der Waals surface area contributed by atoms with Crippen molar-refractivity contribution in [3.8, 4) is 5.75 Å². The Morgan fingerprint density at radius 2 is 1.86 bits per heavy atom. The Morgan fingerprint density at radius 3 is 2.52 bits per heavy atom. The fourth-order valence-electron chi connectivity index (χ4n) is 2.59. The van der Waals surface area contributed by atoms with Gasteiger partial charge in [-0.2, -0.15) is 0 Å². The van der Waals surface area contributed by atoms with Gasteiger partial charge in [0.05, 0.1) is 13.2 Å². The number of rotatable bonds is 5. The van der Waals surface area contributed by atoms with E-state index < -0.39 is 0 Å². The summed E-state index contributed by atoms with van der Waals surface area (Å²) in [5.74, 6) is 0.853. The van der Waals surface area contributed by atoms with Crippen LogP contribution < -0.4 is 10.1 Å². The summed E-state index contributed by atoms with van der Waals surface area (Å²) in [6.45, 7) is 7.22. The second-order valence-corrected chi connectivity index (χ2v) is 5.67. The van der Waals surface area contributed by atoms with Gasteiger partial charge in [-0.15, -0.1) is 0 Å². The molecule has 0 aliphatic rings. The average molecular weight is 304 g/mol. The number of nitrogens with one attached hydrogen (secondary N) is 1. The summed E-state index contributed by atoms with van der Waals surface area (Å²) in [4.78, 5) is 0. The zero-order chi connectivity index (χ0) is 15.4. The third-order valence-corrected chi connectivity index (χ3v) is 3.89. The summed E-state index contributed by atoms with van der Waals surface area (Å²) in [6, 6.07) is 12.4. The van der Waals surface area contributed by atoms with E-state index in [1.807, 2.05) is 18.2 Å². The molecule has 2 aromatic carbocycles. The average Bonchev–Trinajstić information content (AvgIpc) is 2.47. The Morgan fingerprint density at radius 1 is 1.10 bits per heavy atom. The molecule has 1 N–H and O–H groups in total. The molecule has 112 valence electrons. The normalized spacial score (nSPS) is 12.2. The topological polar surface area (TPSA) is 21.3 Å². The fourth-order valence-corrected chi connectivity index (χ4v) is 2.77. The quantitative estimate of drug-likeness (QED) is 0.867. The maximum absolute atomic E-state index is 6.19. The molecule has 0 heterocycles. The lowest BCUT2D eigenvalue weighted by Gasteiger charge is -2.23. The van der Waals surface area contributed by atoms with Crippen molar-refractivity contribution in [3.63, 3.8) is 0 Å². The minimum Gasteiger partial charge on any atom is -0.496 e. The van der Waals surface area contributed by atoms with E-state index in [2.05, 4.69) is 44.3 Å². The van der Waals surface area contributed by atoms with E-state index in [0.717, 1.165) is 22.9 Å². The highest BCUT2D eigenvalue weighted by Crippen LogP contribution is 2.34. The maximum Gasteiger partial charge on any atom is 0.124 e. The van der Waals surface area contributed by atoms with Crippen molar-refractivity contribution >= 4 is 11.6 Å². The number of hydrogen-bond acceptors (Lipinski definition) is 2. The van der Waals surface area contributed by atoms with Gasteiger partial charge in [0.2, 0.25) is 0 Å². The zero-order valence-electron chi connectivity index (χ0n) is 13.0. The SMILES string of the molecule is CCNC(c1cc(C)ccc1C)c1cc(Cl)ccc1OC. The van der Waals surface area contributed by atoms with Crippen LogP contribution in [0, 0.1) is 13.8 Å². The molecule has 0 bridgehead atoms. The molecule has 2 aromatic rings. The molecule has 0 aliphatic carbocycles. The van der Waals surface area contributed by atoms with Gasteiger partial charge in [-0.1, -0.05) is 42.3 Å². The maximum atomic E-state index is 6.19. The van der Waals surface area contributed by atoms with Gasteiger partial charge < -0.3 is 10.1 Å². The van der Waals surface area contributed by atoms with Crippen molar-refractivity contribution in [2.75, 3.05) is 13.7 Å². The van der Waals surface area contributed by atoms with E-state index >= 15 is 0 Å². The lowest BCUT2D eigenvalue weighted by atomic mass is 9.93. The second-order valence-electron chi connectivity index (χ2n) is 5.24. The van der Waals surface area contributed by atoms with Gasteiger partial charge in [0.15, 0.2) is 0 Å². The van der Waals surface area contributed by atoms with Crippen LogP contribution in [-0.2, 0) is 0 Å². The second kappa shape index (κ2) is 6.97. The van der Waals surface area contributed by atoms with Crippen LogP contribution in [0.4, 0.5) is 0 Å². The lowest BCUT2D eigenvalue weighted by Crippen LogP contribution is -2.23. The molecule has 0 aromatic heterocycles. The van der Waals surface area contributed by atoms with Crippen molar-refractivity contribution in [2.45, 2.75) is 26.8 Å². The molecule has 3 heteroatoms. The third-order valence-electron chi connectivity index (χ3n) is 3.66. The first-order valence-electron chi connectivity index (χ1n) is 7.20. The summed E-state index contributed by atoms with van der Waals surface area (Å²) in [7, 11) is 1.69. The van der Waals surface area contributed by atoms with Crippen molar-refractivity contribution in [1.82, 2.24) is 5.32 Å². The van der Waals surface area contributed by atoms with Crippen LogP contribution >= 0.6 is 11.6 Å². The number of hydrogen-bond donors (Lipinski definition) is 1. The minimum absolute atomic E-state index is 0.0727. The van der Waals surface area contributed by atoms with Crippen LogP contribution in [0.15, 0.2) is 36.4 Å². The van der Waals surface area contributed by atoms with Gasteiger partial charge in [0, 0.05) is 10.6 Å². The molecular formula is C18H22ClNO. The molecule has 0 saturated carbocycles. The number of halogens is 1. The fraction of sp³-hybridized carbons (Fsp3) is 0.333. The Hall–Kier alpha value is -1.51. The molecule has 0 amide bonds. The van der Waals surface area contributed by atoms with Crippen molar-refractivity contribution < 1.29 is 4.74 Å². The van der Waals surface area contributed by atoms with Crippen LogP contribution in [0.3, 0.4) is 0 Å². The van der Waals surface area contributed by atoms with Crippen molar-refractivity contribution in [3.05, 3.63) is 63.7 Å². The van der Waals surface area contributed by atoms with Gasteiger partial charge >= 0.3 is 0 Å². The van der Waals surface area contributed by atoms with Crippen molar-refractivity contribution in [2.24, 2.45) is 0 Å². The highest BCUT2D eigenvalue weighted by molar-refractivity contribution is 6.30. The Kier molecular flexibility index (Phi) is 5.27. The Labute approximate surface area is 132 Å². The standard InChI is InChI=1S/C18H22ClNO/c1-5-20-18(15-10-12(2)6-7-13(15)3)16-11-14(19)8-9-17(16)21-4/h6-11,18,20H,5H2,1-4H3. The van der Waals surface area contributed by atoms with Gasteiger partial charge in [-0.25, -0.2) is 0 Å². The first-order valence-corrected chi connectivity index (χ1v) is 7.58. The predicted octanol–water partition coefficient (Wildman–Crippen LogP) is 4.66. The van der Waals surface area contributed by atoms with Gasteiger partial charge in [-0.3, -0.25) is 0 Å². The summed E-state index contributed by atoms with van der Waals surface area (Å²) in [6.07, 6.45) is 0. The summed E-state index contributed by atoms with van der Waals surface area (Å²) < 4.78 is 5.52. The van der Waals surface area contributed by atoms with E-state index in [9.17, 15) is 0 Å². The number of benzene rings is 2. The van der Waals surface area contributed by atoms with Crippen LogP contribution in [0.5, 0.6) is 5.75 Å². The molecule has 2 rings (SSSR count). The molecule has 0 saturated heterocycles. The monoisotopic (exact) mass is 303 g/mol. The van der Waals surface area contributed by atoms with E-state index in [-0.39, 0.29) is 6.04 Å². The zero-order valence-corrected chi connectivity index (χ0v) is 13.8. The van der Waals surface area contributed by atoms with Gasteiger partial charge in [0.25, 0.3) is 0 Å². The van der Waals surface area contributed by atoms with Crippen LogP contribution in [0.1, 0.15) is 35.2 Å². The van der Waals surface area contributed by atoms with E-state index in [1.165, 1.54) is 16.7 Å². The predicted molar refractivity (Wildman–Crippen MR) is 89.4 cm³/mol. The third kappa shape index (κ3) is 3.58. The van der Waals surface area contributed by atoms with Crippen LogP contribution in [0.2, 0.25) is 5.02 Å². The van der Waals surface area contributed by atoms with Gasteiger partial charge in [-0.05, 0) is 49.7 Å². The first kappa shape index (κ1) is 15.9. The summed E-state index contributed by atoms with van der Waals surface area (Å²) in [5, 5.41) is 4.27. The highest BCUT2D eigenvalue weighted by atomic mass is 35.5. The number of methoxy groups -OCH3 is 1. The molecule has 2 nitrogen and oxygen atoms in total. The molecular weight excluding hydrogens is 282 g/mol. The van der Waals surface area contributed by atoms with Gasteiger partial charge in [0.1, 0.15) is 5.75 Å². The Balaban J connectivity index is 2.58. The molecule has 1 unspecified atom stereocenters. The Bertz CT molecular complexity index is 625. The molecule has 0 aliphatic heterocycles. The molecule has 0 radical (unpaired) electrons.